The molecule has 3 aliphatic rings. The predicted octanol–water partition coefficient (Wildman–Crippen LogP) is 4.50. The normalized spacial score (nSPS) is 20.1. The fourth-order valence-electron chi connectivity index (χ4n) is 5.46. The molecular weight excluding hydrogens is 485 g/mol. The van der Waals surface area contributed by atoms with Crippen LogP contribution in [-0.4, -0.2) is 54.9 Å². The summed E-state index contributed by atoms with van der Waals surface area (Å²) in [4.78, 5) is 23.3. The number of benzene rings is 1. The van der Waals surface area contributed by atoms with E-state index in [1.54, 1.807) is 6.07 Å². The van der Waals surface area contributed by atoms with Crippen LogP contribution in [0.3, 0.4) is 0 Å². The first-order valence-electron chi connectivity index (χ1n) is 12.1. The van der Waals surface area contributed by atoms with Gasteiger partial charge in [-0.25, -0.2) is 0 Å². The number of halogens is 3. The smallest absolute Gasteiger partial charge is 0.380 e. The molecule has 1 N–H and O–H groups in total. The Labute approximate surface area is 211 Å². The van der Waals surface area contributed by atoms with Crippen molar-refractivity contribution in [1.82, 2.24) is 9.97 Å². The Morgan fingerprint density at radius 3 is 2.73 bits per heavy atom. The molecule has 2 fully saturated rings. The van der Waals surface area contributed by atoms with E-state index in [2.05, 4.69) is 21.3 Å². The number of rotatable bonds is 3. The van der Waals surface area contributed by atoms with Crippen molar-refractivity contribution in [3.05, 3.63) is 71.3 Å². The topological polar surface area (TPSA) is 76.6 Å². The van der Waals surface area contributed by atoms with Crippen LogP contribution in [-0.2, 0) is 22.1 Å². The zero-order valence-corrected chi connectivity index (χ0v) is 20.1. The highest BCUT2D eigenvalue weighted by molar-refractivity contribution is 6.04. The summed E-state index contributed by atoms with van der Waals surface area (Å²) in [5.74, 6) is -0.643. The zero-order valence-electron chi connectivity index (χ0n) is 20.1. The van der Waals surface area contributed by atoms with E-state index in [1.807, 2.05) is 25.3 Å². The molecule has 1 atom stereocenters. The van der Waals surface area contributed by atoms with Gasteiger partial charge in [0.05, 0.1) is 43.9 Å². The molecule has 2 saturated heterocycles. The maximum Gasteiger partial charge on any atom is 0.433 e. The van der Waals surface area contributed by atoms with Crippen LogP contribution < -0.4 is 10.2 Å². The lowest BCUT2D eigenvalue weighted by Gasteiger charge is -2.56. The molecule has 7 nitrogen and oxygen atoms in total. The summed E-state index contributed by atoms with van der Waals surface area (Å²) in [6, 6.07) is 9.81. The number of nitrogens with one attached hydrogen (secondary N) is 1. The standard InChI is InChI=1S/C27H25F3N4O3/c1-16-2-3-19(33-25(35)17-4-5-31-23(9-17)27(28,29)30)10-20(16)18-8-22-21(32-12-18)11-26(14-37-15-26)24-13-36-7-6-34(22)24/h2-5,8-10,12,24H,6-7,11,13-15H2,1H3,(H,33,35). The number of morpholine rings is 1. The summed E-state index contributed by atoms with van der Waals surface area (Å²) in [5.41, 5.74) is 4.20. The summed E-state index contributed by atoms with van der Waals surface area (Å²) in [6.07, 6.45) is -0.958. The van der Waals surface area contributed by atoms with Gasteiger partial charge < -0.3 is 19.7 Å². The fraction of sp³-hybridized carbons (Fsp3) is 0.370. The second-order valence-electron chi connectivity index (χ2n) is 9.92. The van der Waals surface area contributed by atoms with Crippen molar-refractivity contribution in [2.75, 3.05) is 43.2 Å². The van der Waals surface area contributed by atoms with Gasteiger partial charge in [0, 0.05) is 47.6 Å². The van der Waals surface area contributed by atoms with Crippen LogP contribution in [0, 0.1) is 12.3 Å². The van der Waals surface area contributed by atoms with Crippen LogP contribution in [0.15, 0.2) is 48.8 Å². The molecule has 192 valence electrons. The van der Waals surface area contributed by atoms with E-state index in [-0.39, 0.29) is 17.0 Å². The van der Waals surface area contributed by atoms with Crippen LogP contribution >= 0.6 is 0 Å². The quantitative estimate of drug-likeness (QED) is 0.559. The van der Waals surface area contributed by atoms with Gasteiger partial charge in [-0.2, -0.15) is 13.2 Å². The van der Waals surface area contributed by atoms with Crippen LogP contribution in [0.4, 0.5) is 24.5 Å². The number of hydrogen-bond acceptors (Lipinski definition) is 6. The molecule has 1 spiro atoms. The Kier molecular flexibility index (Phi) is 5.68. The van der Waals surface area contributed by atoms with E-state index in [0.29, 0.717) is 32.1 Å². The van der Waals surface area contributed by atoms with Crippen molar-refractivity contribution < 1.29 is 27.4 Å². The summed E-state index contributed by atoms with van der Waals surface area (Å²) >= 11 is 0. The van der Waals surface area contributed by atoms with E-state index in [4.69, 9.17) is 14.5 Å². The van der Waals surface area contributed by atoms with Crippen LogP contribution in [0.5, 0.6) is 0 Å². The van der Waals surface area contributed by atoms with Gasteiger partial charge in [-0.1, -0.05) is 6.07 Å². The number of hydrogen-bond donors (Lipinski definition) is 1. The van der Waals surface area contributed by atoms with E-state index in [9.17, 15) is 18.0 Å². The van der Waals surface area contributed by atoms with Crippen molar-refractivity contribution >= 4 is 17.3 Å². The highest BCUT2D eigenvalue weighted by Gasteiger charge is 2.53. The predicted molar refractivity (Wildman–Crippen MR) is 131 cm³/mol. The number of amides is 1. The SMILES string of the molecule is Cc1ccc(NC(=O)c2ccnc(C(F)(F)F)c2)cc1-c1cnc2c(c1)N1CCOCC1C1(COC1)C2. The molecule has 3 aliphatic heterocycles. The molecule has 1 amide bonds. The first-order valence-corrected chi connectivity index (χ1v) is 12.1. The number of anilines is 2. The number of nitrogens with zero attached hydrogens (tertiary/aromatic N) is 3. The van der Waals surface area contributed by atoms with Crippen molar-refractivity contribution in [2.45, 2.75) is 25.6 Å². The third-order valence-electron chi connectivity index (χ3n) is 7.51. The average Bonchev–Trinajstić information content (AvgIpc) is 2.87. The summed E-state index contributed by atoms with van der Waals surface area (Å²) < 4.78 is 50.4. The van der Waals surface area contributed by atoms with E-state index < -0.39 is 17.8 Å². The highest BCUT2D eigenvalue weighted by Crippen LogP contribution is 2.47. The highest BCUT2D eigenvalue weighted by atomic mass is 19.4. The minimum Gasteiger partial charge on any atom is -0.380 e. The van der Waals surface area contributed by atoms with E-state index in [0.717, 1.165) is 53.3 Å². The maximum absolute atomic E-state index is 13.0. The molecule has 37 heavy (non-hydrogen) atoms. The molecule has 1 unspecified atom stereocenters. The van der Waals surface area contributed by atoms with Crippen LogP contribution in [0.1, 0.15) is 27.3 Å². The summed E-state index contributed by atoms with van der Waals surface area (Å²) in [7, 11) is 0. The minimum absolute atomic E-state index is 0.0426. The van der Waals surface area contributed by atoms with Gasteiger partial charge >= 0.3 is 6.18 Å². The van der Waals surface area contributed by atoms with Gasteiger partial charge in [0.25, 0.3) is 5.91 Å². The van der Waals surface area contributed by atoms with Crippen molar-refractivity contribution in [3.63, 3.8) is 0 Å². The van der Waals surface area contributed by atoms with Crippen LogP contribution in [0.25, 0.3) is 11.1 Å². The van der Waals surface area contributed by atoms with E-state index in [1.165, 1.54) is 6.07 Å². The van der Waals surface area contributed by atoms with Crippen molar-refractivity contribution in [2.24, 2.45) is 5.41 Å². The second-order valence-corrected chi connectivity index (χ2v) is 9.92. The Balaban J connectivity index is 1.29. The number of pyridine rings is 2. The van der Waals surface area contributed by atoms with Gasteiger partial charge in [0.1, 0.15) is 5.69 Å². The molecule has 0 radical (unpaired) electrons. The maximum atomic E-state index is 13.0. The first-order chi connectivity index (χ1) is 17.7. The summed E-state index contributed by atoms with van der Waals surface area (Å²) in [5, 5.41) is 2.71. The molecule has 2 aromatic heterocycles. The number of carbonyl (C=O) groups is 1. The largest absolute Gasteiger partial charge is 0.433 e. The average molecular weight is 511 g/mol. The lowest BCUT2D eigenvalue weighted by atomic mass is 9.70. The Hall–Kier alpha value is -3.50. The monoisotopic (exact) mass is 510 g/mol. The van der Waals surface area contributed by atoms with Crippen LogP contribution in [0.2, 0.25) is 0 Å². The number of aromatic nitrogens is 2. The van der Waals surface area contributed by atoms with Gasteiger partial charge in [-0.05, 0) is 48.4 Å². The second kappa shape index (κ2) is 8.81. The van der Waals surface area contributed by atoms with Crippen molar-refractivity contribution in [3.8, 4) is 11.1 Å². The Morgan fingerprint density at radius 1 is 1.14 bits per heavy atom. The number of aryl methyl sites for hydroxylation is 1. The molecule has 3 aromatic rings. The first kappa shape index (κ1) is 23.9. The molecule has 10 heteroatoms. The van der Waals surface area contributed by atoms with E-state index >= 15 is 0 Å². The number of carbonyl (C=O) groups excluding carboxylic acids is 1. The van der Waals surface area contributed by atoms with Gasteiger partial charge in [-0.15, -0.1) is 0 Å². The number of alkyl halides is 3. The molecule has 6 rings (SSSR count). The number of fused-ring (bicyclic) bond motifs is 4. The Morgan fingerprint density at radius 2 is 1.97 bits per heavy atom. The van der Waals surface area contributed by atoms with Gasteiger partial charge in [0.15, 0.2) is 0 Å². The zero-order chi connectivity index (χ0) is 25.8. The van der Waals surface area contributed by atoms with Gasteiger partial charge in [-0.3, -0.25) is 14.8 Å². The molecule has 0 saturated carbocycles. The lowest BCUT2D eigenvalue weighted by Crippen LogP contribution is -2.65. The number of ether oxygens (including phenoxy) is 2. The van der Waals surface area contributed by atoms with Gasteiger partial charge in [0.2, 0.25) is 0 Å². The molecular formula is C27H25F3N4O3. The molecule has 0 aliphatic carbocycles. The third-order valence-corrected chi connectivity index (χ3v) is 7.51. The third kappa shape index (κ3) is 4.23. The minimum atomic E-state index is -4.63. The molecule has 5 heterocycles. The molecule has 0 bridgehead atoms. The summed E-state index contributed by atoms with van der Waals surface area (Å²) in [6.45, 7) is 5.50. The van der Waals surface area contributed by atoms with Crippen molar-refractivity contribution in [1.29, 1.82) is 0 Å². The molecule has 1 aromatic carbocycles. The Bertz CT molecular complexity index is 1370. The lowest BCUT2D eigenvalue weighted by molar-refractivity contribution is -0.146. The fourth-order valence-corrected chi connectivity index (χ4v) is 5.46.